The van der Waals surface area contributed by atoms with Gasteiger partial charge in [0.1, 0.15) is 0 Å². The third kappa shape index (κ3) is 3.37. The molecule has 0 aromatic rings. The van der Waals surface area contributed by atoms with Crippen LogP contribution in [0, 0.1) is 17.3 Å². The molecule has 0 amide bonds. The summed E-state index contributed by atoms with van der Waals surface area (Å²) in [5.41, 5.74) is 0.396. The van der Waals surface area contributed by atoms with Gasteiger partial charge >= 0.3 is 0 Å². The minimum absolute atomic E-state index is 0.396. The molecule has 0 bridgehead atoms. The van der Waals surface area contributed by atoms with Crippen LogP contribution in [0.15, 0.2) is 12.2 Å². The molecule has 1 saturated carbocycles. The average Bonchev–Trinajstić information content (AvgIpc) is 2.45. The van der Waals surface area contributed by atoms with Gasteiger partial charge in [0.2, 0.25) is 0 Å². The first-order valence-corrected chi connectivity index (χ1v) is 9.38. The summed E-state index contributed by atoms with van der Waals surface area (Å²) in [6, 6.07) is 2.44. The summed E-state index contributed by atoms with van der Waals surface area (Å²) in [5, 5.41) is 6.75. The quantitative estimate of drug-likeness (QED) is 0.605. The predicted octanol–water partition coefficient (Wildman–Crippen LogP) is 2.85. The second kappa shape index (κ2) is 6.42. The maximum absolute atomic E-state index is 3.98. The number of hydrogen-bond donors (Lipinski definition) is 2. The molecule has 0 radical (unpaired) electrons. The second-order valence-electron chi connectivity index (χ2n) is 8.43. The van der Waals surface area contributed by atoms with Crippen molar-refractivity contribution < 1.29 is 5.32 Å². The molecule has 5 unspecified atom stereocenters. The fraction of sp³-hybridized carbons (Fsp3) is 0.895. The molecule has 3 rings (SSSR count). The molecule has 2 nitrogen and oxygen atoms in total. The lowest BCUT2D eigenvalue weighted by Gasteiger charge is -2.50. The molecule has 3 N–H and O–H groups in total. The van der Waals surface area contributed by atoms with Gasteiger partial charge in [-0.15, -0.1) is 0 Å². The van der Waals surface area contributed by atoms with Crippen molar-refractivity contribution in [3.8, 4) is 0 Å². The second-order valence-corrected chi connectivity index (χ2v) is 8.43. The molecule has 0 aromatic carbocycles. The van der Waals surface area contributed by atoms with Gasteiger partial charge in [-0.3, -0.25) is 0 Å². The Morgan fingerprint density at radius 3 is 2.81 bits per heavy atom. The highest BCUT2D eigenvalue weighted by Gasteiger charge is 2.49. The van der Waals surface area contributed by atoms with Crippen LogP contribution in [0.2, 0.25) is 0 Å². The van der Waals surface area contributed by atoms with Crippen LogP contribution in [0.4, 0.5) is 0 Å². The zero-order valence-electron chi connectivity index (χ0n) is 14.3. The first kappa shape index (κ1) is 15.6. The highest BCUT2D eigenvalue weighted by atomic mass is 15.1. The van der Waals surface area contributed by atoms with E-state index in [0.717, 1.165) is 30.0 Å². The van der Waals surface area contributed by atoms with Crippen LogP contribution >= 0.6 is 0 Å². The average molecular weight is 292 g/mol. The van der Waals surface area contributed by atoms with Crippen LogP contribution < -0.4 is 10.6 Å². The van der Waals surface area contributed by atoms with E-state index in [1.54, 1.807) is 0 Å². The fourth-order valence-corrected chi connectivity index (χ4v) is 5.12. The van der Waals surface area contributed by atoms with Crippen molar-refractivity contribution in [2.24, 2.45) is 17.3 Å². The van der Waals surface area contributed by atoms with Crippen LogP contribution in [0.1, 0.15) is 65.7 Å². The molecule has 21 heavy (non-hydrogen) atoms. The highest BCUT2D eigenvalue weighted by Crippen LogP contribution is 2.39. The van der Waals surface area contributed by atoms with E-state index < -0.39 is 0 Å². The van der Waals surface area contributed by atoms with Crippen molar-refractivity contribution >= 4 is 0 Å². The number of quaternary nitrogens is 1. The summed E-state index contributed by atoms with van der Waals surface area (Å²) in [6.45, 7) is 8.32. The Kier molecular flexibility index (Phi) is 4.75. The van der Waals surface area contributed by atoms with E-state index in [2.05, 4.69) is 43.6 Å². The van der Waals surface area contributed by atoms with E-state index in [1.165, 1.54) is 51.5 Å². The van der Waals surface area contributed by atoms with Gasteiger partial charge in [-0.25, -0.2) is 0 Å². The van der Waals surface area contributed by atoms with Gasteiger partial charge < -0.3 is 10.6 Å². The molecule has 0 aromatic heterocycles. The molecule has 0 spiro atoms. The van der Waals surface area contributed by atoms with Crippen molar-refractivity contribution in [2.45, 2.75) is 83.8 Å². The summed E-state index contributed by atoms with van der Waals surface area (Å²) in [5.74, 6) is 1.66. The smallest absolute Gasteiger partial charge is 0.0948 e. The number of nitrogens with two attached hydrogens (primary N) is 1. The van der Waals surface area contributed by atoms with Crippen molar-refractivity contribution in [2.75, 3.05) is 6.54 Å². The molecule has 5 atom stereocenters. The standard InChI is InChI=1S/C19H34N2/c1-4-5-12-20-18-14-8-6-7-9-16(14)21-17-13-19(2,3)11-10-15(17)18/h10-11,14-18,20-21H,4-9,12-13H2,1-3H3/p+1. The van der Waals surface area contributed by atoms with Gasteiger partial charge in [-0.1, -0.05) is 45.8 Å². The topological polar surface area (TPSA) is 28.6 Å². The third-order valence-corrected chi connectivity index (χ3v) is 6.18. The van der Waals surface area contributed by atoms with Gasteiger partial charge in [-0.05, 0) is 37.6 Å². The van der Waals surface area contributed by atoms with Crippen LogP contribution in [0.5, 0.6) is 0 Å². The highest BCUT2D eigenvalue weighted by molar-refractivity contribution is 5.12. The molecular formula is C19H35N2+. The van der Waals surface area contributed by atoms with Gasteiger partial charge in [0.25, 0.3) is 0 Å². The third-order valence-electron chi connectivity index (χ3n) is 6.18. The lowest BCUT2D eigenvalue weighted by atomic mass is 9.64. The summed E-state index contributed by atoms with van der Waals surface area (Å²) in [4.78, 5) is 0. The Hall–Kier alpha value is -0.340. The zero-order valence-corrected chi connectivity index (χ0v) is 14.3. The van der Waals surface area contributed by atoms with Gasteiger partial charge in [-0.2, -0.15) is 0 Å². The van der Waals surface area contributed by atoms with E-state index in [9.17, 15) is 0 Å². The summed E-state index contributed by atoms with van der Waals surface area (Å²) in [6.07, 6.45) is 14.8. The molecule has 120 valence electrons. The lowest BCUT2D eigenvalue weighted by molar-refractivity contribution is -0.747. The van der Waals surface area contributed by atoms with Crippen molar-refractivity contribution in [1.29, 1.82) is 0 Å². The lowest BCUT2D eigenvalue weighted by Crippen LogP contribution is -3.02. The first-order chi connectivity index (χ1) is 10.1. The minimum Gasteiger partial charge on any atom is -0.341 e. The number of piperidine rings is 1. The van der Waals surface area contributed by atoms with E-state index in [4.69, 9.17) is 0 Å². The van der Waals surface area contributed by atoms with Gasteiger partial charge in [0.15, 0.2) is 0 Å². The number of allylic oxidation sites excluding steroid dienone is 1. The van der Waals surface area contributed by atoms with E-state index in [1.807, 2.05) is 0 Å². The molecule has 3 aliphatic rings. The largest absolute Gasteiger partial charge is 0.341 e. The summed E-state index contributed by atoms with van der Waals surface area (Å²) in [7, 11) is 0. The monoisotopic (exact) mass is 291 g/mol. The number of nitrogens with one attached hydrogen (secondary N) is 1. The van der Waals surface area contributed by atoms with Gasteiger partial charge in [0, 0.05) is 24.3 Å². The Bertz CT molecular complexity index is 374. The summed E-state index contributed by atoms with van der Waals surface area (Å²) >= 11 is 0. The molecule has 2 fully saturated rings. The normalized spacial score (nSPS) is 41.4. The van der Waals surface area contributed by atoms with E-state index in [0.29, 0.717) is 5.41 Å². The van der Waals surface area contributed by atoms with E-state index in [-0.39, 0.29) is 0 Å². The maximum atomic E-state index is 3.98. The Morgan fingerprint density at radius 1 is 1.19 bits per heavy atom. The van der Waals surface area contributed by atoms with Crippen LogP contribution in [-0.2, 0) is 0 Å². The van der Waals surface area contributed by atoms with Crippen molar-refractivity contribution in [1.82, 2.24) is 5.32 Å². The van der Waals surface area contributed by atoms with E-state index >= 15 is 0 Å². The molecule has 2 heteroatoms. The molecule has 1 saturated heterocycles. The van der Waals surface area contributed by atoms with Crippen LogP contribution in [-0.4, -0.2) is 24.7 Å². The molecule has 2 aliphatic carbocycles. The van der Waals surface area contributed by atoms with Gasteiger partial charge in [0.05, 0.1) is 12.1 Å². The molecule has 1 heterocycles. The number of rotatable bonds is 4. The first-order valence-electron chi connectivity index (χ1n) is 9.38. The zero-order chi connectivity index (χ0) is 14.9. The van der Waals surface area contributed by atoms with Crippen molar-refractivity contribution in [3.05, 3.63) is 12.2 Å². The number of unbranched alkanes of at least 4 members (excludes halogenated alkanes) is 1. The Balaban J connectivity index is 1.77. The number of fused-ring (bicyclic) bond motifs is 2. The molecule has 1 aliphatic heterocycles. The SMILES string of the molecule is CCCCNC1C2C=CC(C)(C)CC2[NH2+]C2CCCCC21. The fourth-order valence-electron chi connectivity index (χ4n) is 5.12. The van der Waals surface area contributed by atoms with Crippen molar-refractivity contribution in [3.63, 3.8) is 0 Å². The van der Waals surface area contributed by atoms with Crippen LogP contribution in [0.3, 0.4) is 0 Å². The summed E-state index contributed by atoms with van der Waals surface area (Å²) < 4.78 is 0. The van der Waals surface area contributed by atoms with Crippen LogP contribution in [0.25, 0.3) is 0 Å². The molecular weight excluding hydrogens is 256 g/mol. The number of hydrogen-bond acceptors (Lipinski definition) is 1. The Labute approximate surface area is 131 Å². The predicted molar refractivity (Wildman–Crippen MR) is 89.2 cm³/mol. The minimum atomic E-state index is 0.396. The maximum Gasteiger partial charge on any atom is 0.0948 e. The Morgan fingerprint density at radius 2 is 2.00 bits per heavy atom.